The minimum atomic E-state index is -1.04. The zero-order chi connectivity index (χ0) is 36.8. The first-order valence-corrected chi connectivity index (χ1v) is 20.2. The summed E-state index contributed by atoms with van der Waals surface area (Å²) in [6.07, 6.45) is 18.6. The number of aliphatic carboxylic acids is 1. The lowest BCUT2D eigenvalue weighted by Crippen LogP contribution is -2.54. The lowest BCUT2D eigenvalue weighted by atomic mass is 9.44. The molecule has 52 heavy (non-hydrogen) atoms. The molecule has 280 valence electrons. The van der Waals surface area contributed by atoms with Crippen molar-refractivity contribution in [3.8, 4) is 5.75 Å². The van der Waals surface area contributed by atoms with Gasteiger partial charge in [-0.05, 0) is 152 Å². The molecule has 4 aliphatic carbocycles. The van der Waals surface area contributed by atoms with E-state index < -0.39 is 17.8 Å². The summed E-state index contributed by atoms with van der Waals surface area (Å²) >= 11 is 0. The van der Waals surface area contributed by atoms with Crippen LogP contribution in [-0.4, -0.2) is 35.8 Å². The Labute approximate surface area is 310 Å². The number of ether oxygens (including phenoxy) is 2. The molecule has 1 aliphatic heterocycles. The Morgan fingerprint density at radius 1 is 0.885 bits per heavy atom. The summed E-state index contributed by atoms with van der Waals surface area (Å²) in [5, 5.41) is 8.87. The highest BCUT2D eigenvalue weighted by molar-refractivity contribution is 6.34. The Morgan fingerprint density at radius 3 is 2.37 bits per heavy atom. The second-order valence-electron chi connectivity index (χ2n) is 17.9. The molecule has 0 radical (unpaired) electrons. The predicted molar refractivity (Wildman–Crippen MR) is 204 cm³/mol. The van der Waals surface area contributed by atoms with E-state index in [4.69, 9.17) is 14.6 Å². The molecule has 0 saturated heterocycles. The number of rotatable bonds is 12. The van der Waals surface area contributed by atoms with Gasteiger partial charge >= 0.3 is 5.97 Å². The van der Waals surface area contributed by atoms with Crippen molar-refractivity contribution in [2.45, 2.75) is 118 Å². The Hall–Kier alpha value is -3.45. The fourth-order valence-electron chi connectivity index (χ4n) is 12.0. The van der Waals surface area contributed by atoms with Crippen molar-refractivity contribution in [2.24, 2.45) is 52.3 Å². The van der Waals surface area contributed by atoms with Gasteiger partial charge in [-0.1, -0.05) is 66.0 Å². The van der Waals surface area contributed by atoms with Gasteiger partial charge in [0.2, 0.25) is 0 Å². The number of benzene rings is 2. The van der Waals surface area contributed by atoms with E-state index in [1.165, 1.54) is 70.3 Å². The van der Waals surface area contributed by atoms with E-state index in [0.717, 1.165) is 59.3 Å². The summed E-state index contributed by atoms with van der Waals surface area (Å²) in [4.78, 5) is 38.5. The summed E-state index contributed by atoms with van der Waals surface area (Å²) in [5.41, 5.74) is 2.66. The third kappa shape index (κ3) is 6.87. The largest absolute Gasteiger partial charge is 0.478 e. The maximum atomic E-state index is 13.4. The smallest absolute Gasteiger partial charge is 0.328 e. The number of hydrogen-bond donors (Lipinski definition) is 1. The average Bonchev–Trinajstić information content (AvgIpc) is 3.60. The van der Waals surface area contributed by atoms with Crippen LogP contribution in [0.5, 0.6) is 5.75 Å². The van der Waals surface area contributed by atoms with Crippen molar-refractivity contribution >= 4 is 29.5 Å². The van der Waals surface area contributed by atoms with Crippen LogP contribution in [0, 0.1) is 52.3 Å². The van der Waals surface area contributed by atoms with Gasteiger partial charge in [-0.15, -0.1) is 0 Å². The summed E-state index contributed by atoms with van der Waals surface area (Å²) in [6.45, 7) is 12.7. The van der Waals surface area contributed by atoms with Crippen LogP contribution in [0.3, 0.4) is 0 Å². The number of hydrogen-bond acceptors (Lipinski definition) is 5. The summed E-state index contributed by atoms with van der Waals surface area (Å²) < 4.78 is 12.4. The van der Waals surface area contributed by atoms with Crippen molar-refractivity contribution in [3.05, 3.63) is 65.2 Å². The fourth-order valence-corrected chi connectivity index (χ4v) is 12.0. The minimum Gasteiger partial charge on any atom is -0.478 e. The molecule has 1 heterocycles. The van der Waals surface area contributed by atoms with Crippen LogP contribution >= 0.6 is 0 Å². The number of imide groups is 1. The molecule has 5 aliphatic rings. The van der Waals surface area contributed by atoms with Gasteiger partial charge in [0.15, 0.2) is 6.79 Å². The Kier molecular flexibility index (Phi) is 10.5. The number of amides is 2. The summed E-state index contributed by atoms with van der Waals surface area (Å²) in [6, 6.07) is 11.6. The van der Waals surface area contributed by atoms with E-state index in [1.807, 2.05) is 0 Å². The monoisotopic (exact) mass is 709 g/mol. The topological polar surface area (TPSA) is 93.1 Å². The van der Waals surface area contributed by atoms with E-state index >= 15 is 0 Å². The molecule has 1 N–H and O–H groups in total. The van der Waals surface area contributed by atoms with E-state index in [1.54, 1.807) is 42.5 Å². The lowest BCUT2D eigenvalue weighted by Gasteiger charge is -2.61. The Morgan fingerprint density at radius 2 is 1.62 bits per heavy atom. The first kappa shape index (κ1) is 36.9. The highest BCUT2D eigenvalue weighted by Gasteiger charge is 2.60. The van der Waals surface area contributed by atoms with E-state index in [9.17, 15) is 14.4 Å². The predicted octanol–water partition coefficient (Wildman–Crippen LogP) is 10.4. The van der Waals surface area contributed by atoms with Crippen LogP contribution in [-0.2, 0) is 9.53 Å². The molecule has 7 nitrogen and oxygen atoms in total. The maximum Gasteiger partial charge on any atom is 0.328 e. The Bertz CT molecular complexity index is 1680. The highest BCUT2D eigenvalue weighted by atomic mass is 16.7. The first-order chi connectivity index (χ1) is 24.9. The van der Waals surface area contributed by atoms with Gasteiger partial charge in [0, 0.05) is 6.08 Å². The van der Waals surface area contributed by atoms with Crippen LogP contribution < -0.4 is 9.64 Å². The number of carbonyl (C=O) groups is 3. The third-order valence-electron chi connectivity index (χ3n) is 14.8. The van der Waals surface area contributed by atoms with Crippen molar-refractivity contribution in [3.63, 3.8) is 0 Å². The molecular formula is C45H59NO6. The van der Waals surface area contributed by atoms with Gasteiger partial charge < -0.3 is 14.6 Å². The van der Waals surface area contributed by atoms with Crippen molar-refractivity contribution in [1.82, 2.24) is 0 Å². The highest BCUT2D eigenvalue weighted by Crippen LogP contribution is 2.68. The van der Waals surface area contributed by atoms with E-state index in [2.05, 4.69) is 34.6 Å². The molecule has 0 spiro atoms. The van der Waals surface area contributed by atoms with Crippen LogP contribution in [0.15, 0.2) is 48.5 Å². The third-order valence-corrected chi connectivity index (χ3v) is 14.8. The standard InChI is InChI=1S/C45H59NO6/c1-28(2)7-6-8-29(3)38-18-19-39-36-16-12-31-25-34(21-23-44(31,4)40(36)22-24-45(38,39)5)52-27-51-33-15-17-35-37(26-33)43(50)46(42(35)49)32-13-9-30(10-14-32)11-20-41(47)48/h9-11,13-15,17,20,26,28-29,31,34,36,38-40H,6-8,12,16,18-19,21-25,27H2,1-5H3,(H,47,48). The molecule has 2 aromatic carbocycles. The normalized spacial score (nSPS) is 33.2. The number of anilines is 1. The number of carboxylic acids is 1. The fraction of sp³-hybridized carbons (Fsp3) is 0.622. The molecular weight excluding hydrogens is 650 g/mol. The van der Waals surface area contributed by atoms with Gasteiger partial charge in [0.1, 0.15) is 5.75 Å². The first-order valence-electron chi connectivity index (χ1n) is 20.2. The summed E-state index contributed by atoms with van der Waals surface area (Å²) in [7, 11) is 0. The maximum absolute atomic E-state index is 13.4. The number of nitrogens with zero attached hydrogens (tertiary/aromatic N) is 1. The number of carbonyl (C=O) groups excluding carboxylic acids is 2. The van der Waals surface area contributed by atoms with E-state index in [-0.39, 0.29) is 12.9 Å². The number of carboxylic acid groups (broad SMARTS) is 1. The van der Waals surface area contributed by atoms with Crippen molar-refractivity contribution in [2.75, 3.05) is 11.7 Å². The molecule has 7 rings (SSSR count). The molecule has 2 aromatic rings. The molecule has 4 fully saturated rings. The summed E-state index contributed by atoms with van der Waals surface area (Å²) in [5.74, 6) is 4.55. The lowest BCUT2D eigenvalue weighted by molar-refractivity contribution is -0.146. The molecule has 0 aromatic heterocycles. The van der Waals surface area contributed by atoms with Crippen LogP contribution in [0.2, 0.25) is 0 Å². The molecule has 2 amide bonds. The van der Waals surface area contributed by atoms with Crippen LogP contribution in [0.4, 0.5) is 5.69 Å². The molecule has 9 atom stereocenters. The van der Waals surface area contributed by atoms with Gasteiger partial charge in [0.05, 0.1) is 22.9 Å². The van der Waals surface area contributed by atoms with Gasteiger partial charge in [-0.25, -0.2) is 9.69 Å². The quantitative estimate of drug-likeness (QED) is 0.134. The van der Waals surface area contributed by atoms with Gasteiger partial charge in [-0.2, -0.15) is 0 Å². The average molecular weight is 710 g/mol. The second-order valence-corrected chi connectivity index (χ2v) is 17.9. The SMILES string of the molecule is CC(C)CCCC(C)C1CCC2C3CCC4CC(OCOc5ccc6c(c5)C(=O)N(c5ccc(C=CC(=O)O)cc5)C6=O)CCC4(C)C3CCC12C. The van der Waals surface area contributed by atoms with Gasteiger partial charge in [0.25, 0.3) is 11.8 Å². The zero-order valence-corrected chi connectivity index (χ0v) is 31.9. The van der Waals surface area contributed by atoms with Crippen molar-refractivity contribution < 1.29 is 29.0 Å². The van der Waals surface area contributed by atoms with Crippen LogP contribution in [0.1, 0.15) is 138 Å². The van der Waals surface area contributed by atoms with E-state index in [0.29, 0.717) is 44.9 Å². The minimum absolute atomic E-state index is 0.118. The van der Waals surface area contributed by atoms with Crippen molar-refractivity contribution in [1.29, 1.82) is 0 Å². The number of fused-ring (bicyclic) bond motifs is 6. The second kappa shape index (κ2) is 14.8. The molecule has 9 unspecified atom stereocenters. The van der Waals surface area contributed by atoms with Crippen LogP contribution in [0.25, 0.3) is 6.08 Å². The molecule has 4 saturated carbocycles. The van der Waals surface area contributed by atoms with Gasteiger partial charge in [-0.3, -0.25) is 9.59 Å². The zero-order valence-electron chi connectivity index (χ0n) is 31.9. The molecule has 0 bridgehead atoms. The Balaban J connectivity index is 0.919. The molecule has 7 heteroatoms.